The molecule has 10 nitrogen and oxygen atoms in total. The quantitative estimate of drug-likeness (QED) is 0.152. The van der Waals surface area contributed by atoms with Crippen molar-refractivity contribution in [2.45, 2.75) is 83.1 Å². The van der Waals surface area contributed by atoms with Crippen LogP contribution in [-0.4, -0.2) is 94.1 Å². The number of benzene rings is 1. The van der Waals surface area contributed by atoms with Gasteiger partial charge in [-0.05, 0) is 50.0 Å². The minimum absolute atomic E-state index is 0.0159. The van der Waals surface area contributed by atoms with Gasteiger partial charge in [-0.2, -0.15) is 0 Å². The van der Waals surface area contributed by atoms with E-state index in [1.54, 1.807) is 0 Å². The average molecular weight is 566 g/mol. The number of rotatable bonds is 21. The molecule has 4 N–H and O–H groups in total. The Labute approximate surface area is 239 Å². The summed E-state index contributed by atoms with van der Waals surface area (Å²) in [5.74, 6) is 1.35. The Kier molecular flexibility index (Phi) is 15.6. The molecule has 228 valence electrons. The molecule has 1 aromatic rings. The summed E-state index contributed by atoms with van der Waals surface area (Å²) in [7, 11) is 0. The highest BCUT2D eigenvalue weighted by atomic mass is 16.6. The van der Waals surface area contributed by atoms with Gasteiger partial charge < -0.3 is 44.7 Å². The van der Waals surface area contributed by atoms with Gasteiger partial charge in [-0.15, -0.1) is 0 Å². The second-order valence-electron chi connectivity index (χ2n) is 10.6. The normalized spacial score (nSPS) is 17.5. The summed E-state index contributed by atoms with van der Waals surface area (Å²) < 4.78 is 28.8. The van der Waals surface area contributed by atoms with Gasteiger partial charge in [0.1, 0.15) is 19.3 Å². The lowest BCUT2D eigenvalue weighted by Gasteiger charge is -2.33. The molecule has 0 aliphatic carbocycles. The third-order valence-electron chi connectivity index (χ3n) is 7.21. The van der Waals surface area contributed by atoms with E-state index in [4.69, 9.17) is 29.4 Å². The maximum Gasteiger partial charge on any atom is 0.220 e. The van der Waals surface area contributed by atoms with Gasteiger partial charge in [0, 0.05) is 25.9 Å². The maximum atomic E-state index is 13.1. The van der Waals surface area contributed by atoms with E-state index in [1.807, 2.05) is 18.2 Å². The van der Waals surface area contributed by atoms with Crippen LogP contribution < -0.4 is 20.5 Å². The predicted octanol–water partition coefficient (Wildman–Crippen LogP) is 3.16. The number of ether oxygens (including phenoxy) is 5. The van der Waals surface area contributed by atoms with Crippen molar-refractivity contribution in [1.29, 1.82) is 0 Å². The third kappa shape index (κ3) is 11.9. The van der Waals surface area contributed by atoms with Crippen molar-refractivity contribution in [3.63, 3.8) is 0 Å². The maximum absolute atomic E-state index is 13.1. The van der Waals surface area contributed by atoms with Gasteiger partial charge in [-0.1, -0.05) is 38.7 Å². The summed E-state index contributed by atoms with van der Waals surface area (Å²) >= 11 is 0. The van der Waals surface area contributed by atoms with Crippen LogP contribution in [0.3, 0.4) is 0 Å². The fraction of sp³-hybridized carbons (Fsp3) is 0.767. The predicted molar refractivity (Wildman–Crippen MR) is 154 cm³/mol. The lowest BCUT2D eigenvalue weighted by molar-refractivity contribution is -0.160. The Morgan fingerprint density at radius 2 is 1.75 bits per heavy atom. The van der Waals surface area contributed by atoms with Crippen molar-refractivity contribution >= 4 is 5.91 Å². The summed E-state index contributed by atoms with van der Waals surface area (Å²) in [4.78, 5) is 15.5. The topological polar surface area (TPSA) is 125 Å². The largest absolute Gasteiger partial charge is 0.486 e. The number of unbranched alkanes of at least 4 members (excludes halogenated alkanes) is 4. The molecule has 3 rings (SSSR count). The number of likely N-dealkylation sites (tertiary alicyclic amines) is 1. The van der Waals surface area contributed by atoms with E-state index in [0.717, 1.165) is 50.8 Å². The number of carbonyl (C=O) groups is 1. The summed E-state index contributed by atoms with van der Waals surface area (Å²) in [6.07, 6.45) is 6.84. The monoisotopic (exact) mass is 565 g/mol. The highest BCUT2D eigenvalue weighted by molar-refractivity contribution is 5.76. The number of nitrogens with zero attached hydrogens (tertiary/aromatic N) is 1. The third-order valence-corrected chi connectivity index (χ3v) is 7.21. The second kappa shape index (κ2) is 19.2. The zero-order chi connectivity index (χ0) is 28.4. The van der Waals surface area contributed by atoms with E-state index >= 15 is 0 Å². The molecule has 2 aliphatic heterocycles. The van der Waals surface area contributed by atoms with Gasteiger partial charge in [0.05, 0.1) is 32.5 Å². The molecular formula is C30H51N3O7. The van der Waals surface area contributed by atoms with Crippen molar-refractivity contribution < 1.29 is 33.6 Å². The van der Waals surface area contributed by atoms with Crippen LogP contribution in [0.1, 0.15) is 76.4 Å². The lowest BCUT2D eigenvalue weighted by Crippen LogP contribution is -2.48. The molecular weight excluding hydrogens is 514 g/mol. The molecule has 1 aromatic carbocycles. The van der Waals surface area contributed by atoms with Crippen molar-refractivity contribution in [3.8, 4) is 11.5 Å². The number of hydrogen-bond acceptors (Lipinski definition) is 9. The zero-order valence-electron chi connectivity index (χ0n) is 24.3. The van der Waals surface area contributed by atoms with Crippen LogP contribution in [0.5, 0.6) is 11.5 Å². The highest BCUT2D eigenvalue weighted by Gasteiger charge is 2.31. The van der Waals surface area contributed by atoms with Crippen LogP contribution >= 0.6 is 0 Å². The van der Waals surface area contributed by atoms with Crippen LogP contribution in [0.4, 0.5) is 0 Å². The molecule has 10 heteroatoms. The second-order valence-corrected chi connectivity index (χ2v) is 10.6. The number of nitrogens with two attached hydrogens (primary N) is 1. The van der Waals surface area contributed by atoms with E-state index in [2.05, 4.69) is 17.1 Å². The molecule has 0 saturated carbocycles. The highest BCUT2D eigenvalue weighted by Crippen LogP contribution is 2.35. The van der Waals surface area contributed by atoms with Gasteiger partial charge in [-0.25, -0.2) is 0 Å². The minimum atomic E-state index is -1.07. The van der Waals surface area contributed by atoms with Gasteiger partial charge in [-0.3, -0.25) is 4.79 Å². The van der Waals surface area contributed by atoms with Gasteiger partial charge in [0.15, 0.2) is 17.8 Å². The Morgan fingerprint density at radius 3 is 2.50 bits per heavy atom. The van der Waals surface area contributed by atoms with Crippen molar-refractivity contribution in [2.24, 2.45) is 5.73 Å². The van der Waals surface area contributed by atoms with Crippen LogP contribution in [0.2, 0.25) is 0 Å². The first-order valence-corrected chi connectivity index (χ1v) is 15.2. The molecule has 3 atom stereocenters. The van der Waals surface area contributed by atoms with Gasteiger partial charge >= 0.3 is 0 Å². The number of hydrogen-bond donors (Lipinski definition) is 3. The molecule has 40 heavy (non-hydrogen) atoms. The van der Waals surface area contributed by atoms with E-state index < -0.39 is 12.4 Å². The van der Waals surface area contributed by atoms with Crippen LogP contribution in [0, 0.1) is 0 Å². The van der Waals surface area contributed by atoms with Crippen molar-refractivity contribution in [1.82, 2.24) is 10.2 Å². The molecule has 1 saturated heterocycles. The van der Waals surface area contributed by atoms with Crippen molar-refractivity contribution in [3.05, 3.63) is 23.8 Å². The first-order valence-electron chi connectivity index (χ1n) is 15.2. The first-order chi connectivity index (χ1) is 19.6. The molecule has 1 amide bonds. The molecule has 0 spiro atoms. The number of amides is 1. The summed E-state index contributed by atoms with van der Waals surface area (Å²) in [6, 6.07) is 5.37. The Hall–Kier alpha value is -1.95. The average Bonchev–Trinajstić information content (AvgIpc) is 3.48. The Balaban J connectivity index is 1.69. The lowest BCUT2D eigenvalue weighted by atomic mass is 9.99. The molecule has 0 aromatic heterocycles. The molecule has 1 fully saturated rings. The molecule has 2 aliphatic rings. The molecule has 0 bridgehead atoms. The number of carbonyl (C=O) groups excluding carboxylic acids is 1. The molecule has 2 heterocycles. The SMILES string of the molecule is CCCCCCCC(=O)N[C@H](CN1CCCC1)[C@H](OC(O)CCOCCOCCN)c1ccc2c(c1)OCCO2. The Bertz CT molecular complexity index is 838. The standard InChI is InChI=1S/C30H51N3O7/c1-2-3-4-5-6-9-28(34)32-25(23-33-14-7-8-15-33)30(24-10-11-26-27(22-24)39-21-20-38-26)40-29(35)12-16-36-18-19-37-17-13-31/h10-11,22,25,29-30,35H,2-9,12-21,23,31H2,1H3,(H,32,34)/t25-,29?,30-/m1/s1. The zero-order valence-corrected chi connectivity index (χ0v) is 24.3. The summed E-state index contributed by atoms with van der Waals surface area (Å²) in [6.45, 7) is 7.95. The van der Waals surface area contributed by atoms with Crippen molar-refractivity contribution in [2.75, 3.05) is 65.8 Å². The van der Waals surface area contributed by atoms with Crippen LogP contribution in [0.15, 0.2) is 18.2 Å². The number of aliphatic hydroxyl groups excluding tert-OH is 1. The molecule has 1 unspecified atom stereocenters. The summed E-state index contributed by atoms with van der Waals surface area (Å²) in [5.41, 5.74) is 6.25. The fourth-order valence-corrected chi connectivity index (χ4v) is 5.10. The van der Waals surface area contributed by atoms with Crippen LogP contribution in [-0.2, 0) is 19.0 Å². The smallest absolute Gasteiger partial charge is 0.220 e. The van der Waals surface area contributed by atoms with E-state index in [1.165, 1.54) is 12.8 Å². The van der Waals surface area contributed by atoms with E-state index in [-0.39, 0.29) is 11.9 Å². The van der Waals surface area contributed by atoms with Gasteiger partial charge in [0.25, 0.3) is 0 Å². The number of fused-ring (bicyclic) bond motifs is 1. The first kappa shape index (κ1) is 32.6. The minimum Gasteiger partial charge on any atom is -0.486 e. The van der Waals surface area contributed by atoms with Gasteiger partial charge in [0.2, 0.25) is 5.91 Å². The Morgan fingerprint density at radius 1 is 1.02 bits per heavy atom. The number of nitrogens with one attached hydrogen (secondary N) is 1. The fourth-order valence-electron chi connectivity index (χ4n) is 5.10. The van der Waals surface area contributed by atoms with Crippen LogP contribution in [0.25, 0.3) is 0 Å². The summed E-state index contributed by atoms with van der Waals surface area (Å²) in [5, 5.41) is 14.2. The number of aliphatic hydroxyl groups is 1. The van der Waals surface area contributed by atoms with E-state index in [0.29, 0.717) is 77.1 Å². The molecule has 0 radical (unpaired) electrons. The van der Waals surface area contributed by atoms with E-state index in [9.17, 15) is 9.90 Å².